The van der Waals surface area contributed by atoms with Crippen LogP contribution >= 0.6 is 11.6 Å². The Hall–Kier alpha value is -0.570. The maximum absolute atomic E-state index is 10.0. The highest BCUT2D eigenvalue weighted by molar-refractivity contribution is 6.30. The summed E-state index contributed by atoms with van der Waals surface area (Å²) in [5, 5.41) is 10.8. The van der Waals surface area contributed by atoms with E-state index in [4.69, 9.17) is 11.6 Å². The minimum atomic E-state index is -0.0807. The van der Waals surface area contributed by atoms with Crippen LogP contribution < -0.4 is 0 Å². The lowest BCUT2D eigenvalue weighted by Gasteiger charge is -2.37. The molecule has 0 aromatic heterocycles. The predicted octanol–water partition coefficient (Wildman–Crippen LogP) is 3.51. The minimum absolute atomic E-state index is 0.0807. The van der Waals surface area contributed by atoms with Gasteiger partial charge in [-0.2, -0.15) is 0 Å². The molecule has 0 bridgehead atoms. The summed E-state index contributed by atoms with van der Waals surface area (Å²) in [5.41, 5.74) is 1.40. The van der Waals surface area contributed by atoms with Crippen molar-refractivity contribution in [2.24, 2.45) is 5.92 Å². The van der Waals surface area contributed by atoms with Crippen LogP contribution in [0, 0.1) is 5.92 Å². The third kappa shape index (κ3) is 3.36. The highest BCUT2D eigenvalue weighted by Gasteiger charge is 2.32. The predicted molar refractivity (Wildman–Crippen MR) is 83.1 cm³/mol. The quantitative estimate of drug-likeness (QED) is 0.922. The molecule has 1 saturated carbocycles. The van der Waals surface area contributed by atoms with E-state index in [9.17, 15) is 5.11 Å². The number of halogens is 1. The lowest BCUT2D eigenvalue weighted by Crippen LogP contribution is -2.45. The Morgan fingerprint density at radius 1 is 1.05 bits per heavy atom. The van der Waals surface area contributed by atoms with Crippen LogP contribution in [0.25, 0.3) is 0 Å². The first-order valence-corrected chi connectivity index (χ1v) is 8.27. The molecule has 0 spiro atoms. The summed E-state index contributed by atoms with van der Waals surface area (Å²) in [6, 6.07) is 8.71. The monoisotopic (exact) mass is 293 g/mol. The summed E-state index contributed by atoms with van der Waals surface area (Å²) < 4.78 is 0. The molecule has 2 unspecified atom stereocenters. The van der Waals surface area contributed by atoms with Crippen molar-refractivity contribution in [3.8, 4) is 0 Å². The van der Waals surface area contributed by atoms with Gasteiger partial charge in [0.05, 0.1) is 6.10 Å². The average molecular weight is 294 g/mol. The zero-order valence-electron chi connectivity index (χ0n) is 12.0. The van der Waals surface area contributed by atoms with Gasteiger partial charge in [-0.1, -0.05) is 23.7 Å². The third-order valence-corrected chi connectivity index (χ3v) is 5.25. The van der Waals surface area contributed by atoms with Crippen molar-refractivity contribution < 1.29 is 5.11 Å². The van der Waals surface area contributed by atoms with Crippen molar-refractivity contribution >= 4 is 11.6 Å². The summed E-state index contributed by atoms with van der Waals surface area (Å²) in [6.45, 7) is 2.31. The number of rotatable bonds is 3. The number of hydrogen-bond donors (Lipinski definition) is 1. The van der Waals surface area contributed by atoms with E-state index in [0.717, 1.165) is 36.9 Å². The van der Waals surface area contributed by atoms with Crippen molar-refractivity contribution in [2.75, 3.05) is 13.1 Å². The maximum Gasteiger partial charge on any atom is 0.0695 e. The second kappa shape index (κ2) is 6.46. The largest absolute Gasteiger partial charge is 0.391 e. The number of aliphatic hydroxyl groups excluding tert-OH is 1. The summed E-state index contributed by atoms with van der Waals surface area (Å²) in [7, 11) is 0. The van der Waals surface area contributed by atoms with Crippen molar-refractivity contribution in [1.29, 1.82) is 0 Å². The molecule has 1 saturated heterocycles. The Labute approximate surface area is 126 Å². The van der Waals surface area contributed by atoms with Crippen LogP contribution in [0.4, 0.5) is 0 Å². The molecular weight excluding hydrogens is 270 g/mol. The molecule has 2 atom stereocenters. The van der Waals surface area contributed by atoms with Crippen molar-refractivity contribution in [3.05, 3.63) is 34.9 Å². The van der Waals surface area contributed by atoms with Crippen LogP contribution in [0.3, 0.4) is 0 Å². The first-order chi connectivity index (χ1) is 9.72. The van der Waals surface area contributed by atoms with Crippen LogP contribution in [0.5, 0.6) is 0 Å². The smallest absolute Gasteiger partial charge is 0.0695 e. The fourth-order valence-electron chi connectivity index (χ4n) is 3.79. The van der Waals surface area contributed by atoms with Gasteiger partial charge in [-0.15, -0.1) is 0 Å². The van der Waals surface area contributed by atoms with Crippen LogP contribution in [-0.2, 0) is 6.42 Å². The minimum Gasteiger partial charge on any atom is -0.391 e. The number of benzene rings is 1. The summed E-state index contributed by atoms with van der Waals surface area (Å²) in [6.07, 6.45) is 6.97. The van der Waals surface area contributed by atoms with Gasteiger partial charge < -0.3 is 5.11 Å². The number of likely N-dealkylation sites (tertiary alicyclic amines) is 1. The van der Waals surface area contributed by atoms with Gasteiger partial charge in [-0.3, -0.25) is 4.90 Å². The zero-order valence-corrected chi connectivity index (χ0v) is 12.7. The van der Waals surface area contributed by atoms with Gasteiger partial charge in [0.25, 0.3) is 0 Å². The molecular formula is C17H24ClNO. The fraction of sp³-hybridized carbons (Fsp3) is 0.647. The number of hydrogen-bond acceptors (Lipinski definition) is 2. The van der Waals surface area contributed by atoms with Gasteiger partial charge in [-0.25, -0.2) is 0 Å². The molecule has 1 aliphatic carbocycles. The highest BCUT2D eigenvalue weighted by atomic mass is 35.5. The van der Waals surface area contributed by atoms with E-state index >= 15 is 0 Å². The SMILES string of the molecule is OC1CCCC1N1CCC(Cc2ccc(Cl)cc2)CC1. The van der Waals surface area contributed by atoms with Crippen molar-refractivity contribution in [3.63, 3.8) is 0 Å². The van der Waals surface area contributed by atoms with E-state index in [0.29, 0.717) is 6.04 Å². The molecule has 1 aromatic carbocycles. The van der Waals surface area contributed by atoms with E-state index in [1.165, 1.54) is 31.2 Å². The van der Waals surface area contributed by atoms with Gasteiger partial charge in [0.1, 0.15) is 0 Å². The number of piperidine rings is 1. The molecule has 110 valence electrons. The van der Waals surface area contributed by atoms with Crippen LogP contribution in [0.15, 0.2) is 24.3 Å². The maximum atomic E-state index is 10.0. The molecule has 1 aromatic rings. The standard InChI is InChI=1S/C17H24ClNO/c18-15-6-4-13(5-7-15)12-14-8-10-19(11-9-14)16-2-1-3-17(16)20/h4-7,14,16-17,20H,1-3,8-12H2. The van der Waals surface area contributed by atoms with Gasteiger partial charge in [0.2, 0.25) is 0 Å². The zero-order chi connectivity index (χ0) is 13.9. The number of nitrogens with zero attached hydrogens (tertiary/aromatic N) is 1. The average Bonchev–Trinajstić information content (AvgIpc) is 2.89. The van der Waals surface area contributed by atoms with Crippen molar-refractivity contribution in [1.82, 2.24) is 4.90 Å². The van der Waals surface area contributed by atoms with E-state index < -0.39 is 0 Å². The van der Waals surface area contributed by atoms with Crippen molar-refractivity contribution in [2.45, 2.75) is 50.7 Å². The lowest BCUT2D eigenvalue weighted by atomic mass is 9.89. The molecule has 2 nitrogen and oxygen atoms in total. The Morgan fingerprint density at radius 3 is 2.35 bits per heavy atom. The van der Waals surface area contributed by atoms with E-state index in [2.05, 4.69) is 17.0 Å². The Bertz CT molecular complexity index is 425. The lowest BCUT2D eigenvalue weighted by molar-refractivity contribution is 0.0482. The molecule has 2 aliphatic rings. The second-order valence-electron chi connectivity index (χ2n) is 6.38. The van der Waals surface area contributed by atoms with Gasteiger partial charge >= 0.3 is 0 Å². The molecule has 1 heterocycles. The fourth-order valence-corrected chi connectivity index (χ4v) is 3.92. The third-order valence-electron chi connectivity index (χ3n) is 5.00. The van der Waals surface area contributed by atoms with E-state index in [-0.39, 0.29) is 6.10 Å². The molecule has 1 N–H and O–H groups in total. The normalized spacial score (nSPS) is 28.9. The topological polar surface area (TPSA) is 23.5 Å². The van der Waals surface area contributed by atoms with Crippen LogP contribution in [-0.4, -0.2) is 35.2 Å². The first kappa shape index (κ1) is 14.4. The van der Waals surface area contributed by atoms with E-state index in [1.54, 1.807) is 0 Å². The van der Waals surface area contributed by atoms with Gasteiger partial charge in [0, 0.05) is 11.1 Å². The Kier molecular flexibility index (Phi) is 4.65. The molecule has 20 heavy (non-hydrogen) atoms. The number of aliphatic hydroxyl groups is 1. The van der Waals surface area contributed by atoms with Gasteiger partial charge in [-0.05, 0) is 75.2 Å². The Morgan fingerprint density at radius 2 is 1.75 bits per heavy atom. The molecule has 3 rings (SSSR count). The summed E-state index contributed by atoms with van der Waals surface area (Å²) in [5.74, 6) is 0.783. The summed E-state index contributed by atoms with van der Waals surface area (Å²) >= 11 is 5.93. The highest BCUT2D eigenvalue weighted by Crippen LogP contribution is 2.29. The Balaban J connectivity index is 1.49. The second-order valence-corrected chi connectivity index (χ2v) is 6.81. The van der Waals surface area contributed by atoms with Crippen LogP contribution in [0.1, 0.15) is 37.7 Å². The molecule has 1 aliphatic heterocycles. The summed E-state index contributed by atoms with van der Waals surface area (Å²) in [4.78, 5) is 2.52. The molecule has 0 radical (unpaired) electrons. The molecule has 0 amide bonds. The van der Waals surface area contributed by atoms with Gasteiger partial charge in [0.15, 0.2) is 0 Å². The molecule has 3 heteroatoms. The molecule has 2 fully saturated rings. The van der Waals surface area contributed by atoms with E-state index in [1.807, 2.05) is 12.1 Å². The first-order valence-electron chi connectivity index (χ1n) is 7.89. The van der Waals surface area contributed by atoms with Crippen LogP contribution in [0.2, 0.25) is 5.02 Å².